The number of ether oxygens (including phenoxy) is 1. The third kappa shape index (κ3) is 4.54. The van der Waals surface area contributed by atoms with Gasteiger partial charge in [0, 0.05) is 13.0 Å². The summed E-state index contributed by atoms with van der Waals surface area (Å²) in [5.41, 5.74) is 1.69. The molecule has 1 fully saturated rings. The molecule has 0 bridgehead atoms. The molecule has 1 aliphatic rings. The summed E-state index contributed by atoms with van der Waals surface area (Å²) in [7, 11) is -3.57. The van der Waals surface area contributed by atoms with Crippen LogP contribution in [0.3, 0.4) is 0 Å². The van der Waals surface area contributed by atoms with Gasteiger partial charge in [-0.1, -0.05) is 29.8 Å². The van der Waals surface area contributed by atoms with Gasteiger partial charge >= 0.3 is 5.97 Å². The molecule has 1 amide bonds. The average Bonchev–Trinajstić information content (AvgIpc) is 2.67. The van der Waals surface area contributed by atoms with Gasteiger partial charge in [-0.3, -0.25) is 9.59 Å². The molecule has 1 heterocycles. The number of hydrogen-bond acceptors (Lipinski definition) is 5. The van der Waals surface area contributed by atoms with Gasteiger partial charge in [0.25, 0.3) is 0 Å². The van der Waals surface area contributed by atoms with Crippen LogP contribution < -0.4 is 5.32 Å². The van der Waals surface area contributed by atoms with Gasteiger partial charge in [0.15, 0.2) is 0 Å². The van der Waals surface area contributed by atoms with Gasteiger partial charge in [0.05, 0.1) is 15.7 Å². The molecule has 0 aliphatic carbocycles. The summed E-state index contributed by atoms with van der Waals surface area (Å²) in [5.74, 6) is -0.736. The third-order valence-electron chi connectivity index (χ3n) is 4.54. The first kappa shape index (κ1) is 19.1. The lowest BCUT2D eigenvalue weighted by Gasteiger charge is -2.20. The molecule has 7 heteroatoms. The Labute approximate surface area is 158 Å². The van der Waals surface area contributed by atoms with Crippen molar-refractivity contribution in [3.8, 4) is 0 Å². The number of sulfone groups is 1. The van der Waals surface area contributed by atoms with Gasteiger partial charge in [-0.15, -0.1) is 0 Å². The number of aryl methyl sites for hydroxylation is 1. The van der Waals surface area contributed by atoms with Gasteiger partial charge in [-0.05, 0) is 43.2 Å². The summed E-state index contributed by atoms with van der Waals surface area (Å²) in [5, 5.41) is 2.65. The number of amides is 1. The Hall–Kier alpha value is -2.67. The van der Waals surface area contributed by atoms with Crippen LogP contribution in [0.2, 0.25) is 0 Å². The number of nitrogens with one attached hydrogen (secondary N) is 1. The molecule has 6 nitrogen and oxygen atoms in total. The van der Waals surface area contributed by atoms with Crippen LogP contribution in [-0.2, 0) is 30.8 Å². The Kier molecular flexibility index (Phi) is 5.60. The molecule has 0 radical (unpaired) electrons. The smallest absolute Gasteiger partial charge is 0.311 e. The molecular formula is C20H21NO5S. The van der Waals surface area contributed by atoms with Crippen molar-refractivity contribution >= 4 is 21.7 Å². The van der Waals surface area contributed by atoms with Crippen molar-refractivity contribution in [3.63, 3.8) is 0 Å². The van der Waals surface area contributed by atoms with E-state index in [1.54, 1.807) is 36.4 Å². The second-order valence-electron chi connectivity index (χ2n) is 6.61. The molecule has 0 saturated carbocycles. The predicted molar refractivity (Wildman–Crippen MR) is 98.6 cm³/mol. The van der Waals surface area contributed by atoms with E-state index in [9.17, 15) is 18.0 Å². The van der Waals surface area contributed by atoms with Crippen LogP contribution in [0.4, 0.5) is 0 Å². The number of benzene rings is 2. The zero-order chi connectivity index (χ0) is 19.4. The van der Waals surface area contributed by atoms with E-state index in [1.165, 1.54) is 12.1 Å². The predicted octanol–water partition coefficient (Wildman–Crippen LogP) is 2.40. The fourth-order valence-electron chi connectivity index (χ4n) is 2.82. The number of esters is 1. The summed E-state index contributed by atoms with van der Waals surface area (Å²) in [6.45, 7) is 2.26. The molecule has 0 aromatic heterocycles. The van der Waals surface area contributed by atoms with E-state index < -0.39 is 9.84 Å². The minimum Gasteiger partial charge on any atom is -0.461 e. The number of piperidine rings is 1. The lowest BCUT2D eigenvalue weighted by Crippen LogP contribution is -2.39. The van der Waals surface area contributed by atoms with Crippen molar-refractivity contribution in [1.82, 2.24) is 5.32 Å². The molecule has 1 aliphatic heterocycles. The van der Waals surface area contributed by atoms with E-state index in [2.05, 4.69) is 5.32 Å². The first-order valence-electron chi connectivity index (χ1n) is 8.70. The fraction of sp³-hybridized carbons (Fsp3) is 0.300. The molecule has 2 aromatic rings. The number of carbonyl (C=O) groups excluding carboxylic acids is 2. The van der Waals surface area contributed by atoms with Crippen LogP contribution in [0.15, 0.2) is 58.3 Å². The van der Waals surface area contributed by atoms with E-state index in [0.29, 0.717) is 24.9 Å². The Morgan fingerprint density at radius 2 is 1.67 bits per heavy atom. The van der Waals surface area contributed by atoms with Crippen molar-refractivity contribution in [2.24, 2.45) is 5.92 Å². The summed E-state index contributed by atoms with van der Waals surface area (Å²) in [6, 6.07) is 13.0. The highest BCUT2D eigenvalue weighted by Gasteiger charge is 2.25. The minimum absolute atomic E-state index is 0.0515. The van der Waals surface area contributed by atoms with E-state index >= 15 is 0 Å². The van der Waals surface area contributed by atoms with E-state index in [4.69, 9.17) is 4.74 Å². The quantitative estimate of drug-likeness (QED) is 0.796. The van der Waals surface area contributed by atoms with E-state index in [-0.39, 0.29) is 34.2 Å². The van der Waals surface area contributed by atoms with Gasteiger partial charge in [-0.2, -0.15) is 0 Å². The number of hydrogen-bond donors (Lipinski definition) is 1. The van der Waals surface area contributed by atoms with Crippen LogP contribution in [0.5, 0.6) is 0 Å². The lowest BCUT2D eigenvalue weighted by molar-refractivity contribution is -0.151. The van der Waals surface area contributed by atoms with Gasteiger partial charge in [0.2, 0.25) is 15.7 Å². The highest BCUT2D eigenvalue weighted by Crippen LogP contribution is 2.22. The Morgan fingerprint density at radius 1 is 1.07 bits per heavy atom. The van der Waals surface area contributed by atoms with Crippen molar-refractivity contribution in [2.45, 2.75) is 36.2 Å². The summed E-state index contributed by atoms with van der Waals surface area (Å²) >= 11 is 0. The molecule has 142 valence electrons. The zero-order valence-corrected chi connectivity index (χ0v) is 15.8. The topological polar surface area (TPSA) is 89.5 Å². The Balaban J connectivity index is 1.62. The average molecular weight is 387 g/mol. The molecule has 0 spiro atoms. The highest BCUT2D eigenvalue weighted by atomic mass is 32.2. The van der Waals surface area contributed by atoms with Crippen LogP contribution >= 0.6 is 0 Å². The first-order valence-corrected chi connectivity index (χ1v) is 10.2. The minimum atomic E-state index is -3.57. The maximum absolute atomic E-state index is 12.6. The highest BCUT2D eigenvalue weighted by molar-refractivity contribution is 7.91. The molecule has 1 saturated heterocycles. The zero-order valence-electron chi connectivity index (χ0n) is 15.0. The molecule has 0 unspecified atom stereocenters. The number of rotatable bonds is 5. The Bertz CT molecular complexity index is 923. The standard InChI is InChI=1S/C20H21NO5S/c1-14-2-7-17(8-3-14)27(24,25)18-9-4-15(5-10-18)13-26-20(23)16-6-11-19(22)21-12-16/h2-5,7-10,16H,6,11-13H2,1H3,(H,21,22)/t16-/m1/s1. The van der Waals surface area contributed by atoms with Gasteiger partial charge in [-0.25, -0.2) is 8.42 Å². The molecule has 1 atom stereocenters. The largest absolute Gasteiger partial charge is 0.461 e. The molecular weight excluding hydrogens is 366 g/mol. The van der Waals surface area contributed by atoms with Crippen molar-refractivity contribution in [2.75, 3.05) is 6.54 Å². The molecule has 1 N–H and O–H groups in total. The molecule has 2 aromatic carbocycles. The van der Waals surface area contributed by atoms with Crippen molar-refractivity contribution < 1.29 is 22.7 Å². The lowest BCUT2D eigenvalue weighted by atomic mass is 9.99. The van der Waals surface area contributed by atoms with Crippen LogP contribution in [0.1, 0.15) is 24.0 Å². The second-order valence-corrected chi connectivity index (χ2v) is 8.56. The molecule has 3 rings (SSSR count). The SMILES string of the molecule is Cc1ccc(S(=O)(=O)c2ccc(COC(=O)[C@@H]3CCC(=O)NC3)cc2)cc1. The van der Waals surface area contributed by atoms with E-state index in [1.807, 2.05) is 6.92 Å². The van der Waals surface area contributed by atoms with Crippen LogP contribution in [-0.4, -0.2) is 26.8 Å². The van der Waals surface area contributed by atoms with Crippen molar-refractivity contribution in [3.05, 3.63) is 59.7 Å². The summed E-state index contributed by atoms with van der Waals surface area (Å²) in [4.78, 5) is 23.6. The van der Waals surface area contributed by atoms with Gasteiger partial charge in [0.1, 0.15) is 6.61 Å². The normalized spacial score (nSPS) is 17.2. The Morgan fingerprint density at radius 3 is 2.22 bits per heavy atom. The third-order valence-corrected chi connectivity index (χ3v) is 6.33. The van der Waals surface area contributed by atoms with E-state index in [0.717, 1.165) is 5.56 Å². The summed E-state index contributed by atoms with van der Waals surface area (Å²) in [6.07, 6.45) is 0.809. The molecule has 27 heavy (non-hydrogen) atoms. The van der Waals surface area contributed by atoms with Crippen LogP contribution in [0, 0.1) is 12.8 Å². The first-order chi connectivity index (χ1) is 12.9. The maximum atomic E-state index is 12.6. The van der Waals surface area contributed by atoms with Gasteiger partial charge < -0.3 is 10.1 Å². The summed E-state index contributed by atoms with van der Waals surface area (Å²) < 4.78 is 30.6. The monoisotopic (exact) mass is 387 g/mol. The number of carbonyl (C=O) groups is 2. The fourth-order valence-corrected chi connectivity index (χ4v) is 4.09. The maximum Gasteiger partial charge on any atom is 0.311 e. The van der Waals surface area contributed by atoms with Crippen LogP contribution in [0.25, 0.3) is 0 Å². The van der Waals surface area contributed by atoms with Crippen molar-refractivity contribution in [1.29, 1.82) is 0 Å². The second kappa shape index (κ2) is 7.92.